The van der Waals surface area contributed by atoms with Gasteiger partial charge in [-0.1, -0.05) is 50.6 Å². The van der Waals surface area contributed by atoms with Crippen LogP contribution in [-0.4, -0.2) is 23.2 Å². The summed E-state index contributed by atoms with van der Waals surface area (Å²) in [6, 6.07) is 8.19. The van der Waals surface area contributed by atoms with E-state index in [0.29, 0.717) is 19.5 Å². The lowest BCUT2D eigenvalue weighted by Gasteiger charge is -2.21. The summed E-state index contributed by atoms with van der Waals surface area (Å²) in [5, 5.41) is 6.22. The molecule has 2 N–H and O–H groups in total. The zero-order valence-corrected chi connectivity index (χ0v) is 13.4. The second-order valence-electron chi connectivity index (χ2n) is 6.75. The van der Waals surface area contributed by atoms with Gasteiger partial charge in [-0.05, 0) is 25.5 Å². The first-order valence-corrected chi connectivity index (χ1v) is 7.49. The van der Waals surface area contributed by atoms with E-state index in [0.717, 1.165) is 11.3 Å². The van der Waals surface area contributed by atoms with Gasteiger partial charge in [-0.3, -0.25) is 4.79 Å². The Morgan fingerprint density at radius 1 is 1.33 bits per heavy atom. The summed E-state index contributed by atoms with van der Waals surface area (Å²) in [4.78, 5) is 12.6. The Morgan fingerprint density at radius 3 is 2.62 bits per heavy atom. The molecule has 1 aromatic carbocycles. The van der Waals surface area contributed by atoms with E-state index >= 15 is 0 Å². The molecule has 0 fully saturated rings. The van der Waals surface area contributed by atoms with Gasteiger partial charge in [0, 0.05) is 5.41 Å². The predicted molar refractivity (Wildman–Crippen MR) is 85.8 cm³/mol. The van der Waals surface area contributed by atoms with Crippen molar-refractivity contribution in [2.45, 2.75) is 40.7 Å². The molecule has 0 saturated heterocycles. The molecule has 0 bridgehead atoms. The molecule has 0 aromatic heterocycles. The fraction of sp³-hybridized carbons (Fsp3) is 0.529. The number of aryl methyl sites for hydroxylation is 1. The number of carbonyl (C=O) groups is 1. The van der Waals surface area contributed by atoms with Gasteiger partial charge in [0.05, 0.1) is 18.2 Å². The molecule has 0 saturated carbocycles. The molecule has 4 nitrogen and oxygen atoms in total. The Bertz CT molecular complexity index is 557. The van der Waals surface area contributed by atoms with Crippen molar-refractivity contribution < 1.29 is 4.79 Å². The van der Waals surface area contributed by atoms with E-state index in [-0.39, 0.29) is 17.2 Å². The lowest BCUT2D eigenvalue weighted by atomic mass is 9.81. The minimum Gasteiger partial charge on any atom is -0.330 e. The molecule has 1 heterocycles. The summed E-state index contributed by atoms with van der Waals surface area (Å²) in [6.07, 6.45) is 0.666. The fourth-order valence-electron chi connectivity index (χ4n) is 2.74. The van der Waals surface area contributed by atoms with E-state index in [1.54, 1.807) is 5.01 Å². The second-order valence-corrected chi connectivity index (χ2v) is 6.75. The first-order valence-electron chi connectivity index (χ1n) is 7.49. The van der Waals surface area contributed by atoms with Gasteiger partial charge >= 0.3 is 0 Å². The molecule has 4 heteroatoms. The molecule has 1 aliphatic heterocycles. The summed E-state index contributed by atoms with van der Waals surface area (Å²) in [5.41, 5.74) is 8.80. The maximum Gasteiger partial charge on any atom is 0.251 e. The maximum atomic E-state index is 12.6. The topological polar surface area (TPSA) is 58.7 Å². The lowest BCUT2D eigenvalue weighted by molar-refractivity contribution is -0.132. The summed E-state index contributed by atoms with van der Waals surface area (Å²) < 4.78 is 0. The largest absolute Gasteiger partial charge is 0.330 e. The number of hydrogen-bond acceptors (Lipinski definition) is 3. The molecule has 1 unspecified atom stereocenters. The highest BCUT2D eigenvalue weighted by Crippen LogP contribution is 2.31. The normalized spacial score (nSPS) is 19.1. The highest BCUT2D eigenvalue weighted by atomic mass is 16.2. The average Bonchev–Trinajstić information content (AvgIpc) is 2.68. The number of carbonyl (C=O) groups excluding carboxylic acids is 1. The van der Waals surface area contributed by atoms with E-state index in [1.165, 1.54) is 5.56 Å². The predicted octanol–water partition coefficient (Wildman–Crippen LogP) is 2.70. The third-order valence-electron chi connectivity index (χ3n) is 3.75. The van der Waals surface area contributed by atoms with Gasteiger partial charge in [0.25, 0.3) is 5.91 Å². The molecule has 0 radical (unpaired) electrons. The van der Waals surface area contributed by atoms with Gasteiger partial charge in [-0.15, -0.1) is 0 Å². The zero-order chi connectivity index (χ0) is 15.6. The SMILES string of the molecule is Cc1cccc(CN2N=C(C(C)(C)C)C(CCN)C2=O)c1. The molecule has 1 aliphatic rings. The van der Waals surface area contributed by atoms with Crippen LogP contribution >= 0.6 is 0 Å². The monoisotopic (exact) mass is 287 g/mol. The number of nitrogens with zero attached hydrogens (tertiary/aromatic N) is 2. The van der Waals surface area contributed by atoms with Gasteiger partial charge in [0.1, 0.15) is 0 Å². The number of nitrogens with two attached hydrogens (primary N) is 1. The van der Waals surface area contributed by atoms with Crippen molar-refractivity contribution in [1.82, 2.24) is 5.01 Å². The molecule has 0 aliphatic carbocycles. The first-order chi connectivity index (χ1) is 9.82. The van der Waals surface area contributed by atoms with E-state index in [2.05, 4.69) is 44.9 Å². The van der Waals surface area contributed by atoms with Crippen LogP contribution in [0, 0.1) is 18.3 Å². The number of hydrogen-bond donors (Lipinski definition) is 1. The van der Waals surface area contributed by atoms with Crippen LogP contribution in [0.5, 0.6) is 0 Å². The zero-order valence-electron chi connectivity index (χ0n) is 13.4. The van der Waals surface area contributed by atoms with Crippen LogP contribution < -0.4 is 5.73 Å². The van der Waals surface area contributed by atoms with Crippen molar-refractivity contribution in [3.05, 3.63) is 35.4 Å². The average molecular weight is 287 g/mol. The minimum absolute atomic E-state index is 0.0758. The Hall–Kier alpha value is -1.68. The Balaban J connectivity index is 2.24. The quantitative estimate of drug-likeness (QED) is 0.925. The van der Waals surface area contributed by atoms with Crippen LogP contribution in [0.1, 0.15) is 38.3 Å². The van der Waals surface area contributed by atoms with Crippen LogP contribution in [-0.2, 0) is 11.3 Å². The molecule has 0 spiro atoms. The van der Waals surface area contributed by atoms with E-state index in [9.17, 15) is 4.79 Å². The smallest absolute Gasteiger partial charge is 0.251 e. The van der Waals surface area contributed by atoms with Gasteiger partial charge < -0.3 is 5.73 Å². The molecule has 1 atom stereocenters. The van der Waals surface area contributed by atoms with Crippen LogP contribution in [0.4, 0.5) is 0 Å². The summed E-state index contributed by atoms with van der Waals surface area (Å²) in [7, 11) is 0. The van der Waals surface area contributed by atoms with Crippen molar-refractivity contribution in [3.8, 4) is 0 Å². The van der Waals surface area contributed by atoms with Crippen molar-refractivity contribution in [2.75, 3.05) is 6.54 Å². The van der Waals surface area contributed by atoms with Crippen molar-refractivity contribution in [3.63, 3.8) is 0 Å². The van der Waals surface area contributed by atoms with Gasteiger partial charge in [0.2, 0.25) is 0 Å². The van der Waals surface area contributed by atoms with Crippen LogP contribution in [0.2, 0.25) is 0 Å². The lowest BCUT2D eigenvalue weighted by Crippen LogP contribution is -2.33. The summed E-state index contributed by atoms with van der Waals surface area (Å²) in [5.74, 6) is -0.0910. The van der Waals surface area contributed by atoms with Crippen LogP contribution in [0.3, 0.4) is 0 Å². The number of benzene rings is 1. The molecule has 1 aromatic rings. The minimum atomic E-state index is -0.167. The Kier molecular flexibility index (Phi) is 4.47. The number of amides is 1. The molecule has 21 heavy (non-hydrogen) atoms. The molecular weight excluding hydrogens is 262 g/mol. The van der Waals surface area contributed by atoms with Crippen LogP contribution in [0.15, 0.2) is 29.4 Å². The number of hydrazone groups is 1. The van der Waals surface area contributed by atoms with Gasteiger partial charge in [-0.25, -0.2) is 5.01 Å². The molecule has 114 valence electrons. The highest BCUT2D eigenvalue weighted by molar-refractivity contribution is 6.10. The first kappa shape index (κ1) is 15.7. The van der Waals surface area contributed by atoms with Gasteiger partial charge in [-0.2, -0.15) is 5.10 Å². The van der Waals surface area contributed by atoms with E-state index < -0.39 is 0 Å². The fourth-order valence-corrected chi connectivity index (χ4v) is 2.74. The Labute approximate surface area is 127 Å². The van der Waals surface area contributed by atoms with Crippen molar-refractivity contribution in [1.29, 1.82) is 0 Å². The second kappa shape index (κ2) is 5.98. The number of rotatable bonds is 4. The molecule has 2 rings (SSSR count). The summed E-state index contributed by atoms with van der Waals surface area (Å²) >= 11 is 0. The molecular formula is C17H25N3O. The van der Waals surface area contributed by atoms with Crippen LogP contribution in [0.25, 0.3) is 0 Å². The Morgan fingerprint density at radius 2 is 2.05 bits per heavy atom. The third-order valence-corrected chi connectivity index (χ3v) is 3.75. The van der Waals surface area contributed by atoms with E-state index in [1.807, 2.05) is 12.1 Å². The highest BCUT2D eigenvalue weighted by Gasteiger charge is 2.40. The standard InChI is InChI=1S/C17H25N3O/c1-12-6-5-7-13(10-12)11-20-16(21)14(8-9-18)15(19-20)17(2,3)4/h5-7,10,14H,8-9,11,18H2,1-4H3. The van der Waals surface area contributed by atoms with Crippen molar-refractivity contribution in [2.24, 2.45) is 22.2 Å². The van der Waals surface area contributed by atoms with Gasteiger partial charge in [0.15, 0.2) is 0 Å². The molecule has 1 amide bonds. The third kappa shape index (κ3) is 3.50. The maximum absolute atomic E-state index is 12.6. The van der Waals surface area contributed by atoms with Crippen molar-refractivity contribution >= 4 is 11.6 Å². The summed E-state index contributed by atoms with van der Waals surface area (Å²) in [6.45, 7) is 9.37. The van der Waals surface area contributed by atoms with E-state index in [4.69, 9.17) is 5.73 Å².